The predicted octanol–water partition coefficient (Wildman–Crippen LogP) is 2.28. The molecule has 0 radical (unpaired) electrons. The van der Waals surface area contributed by atoms with E-state index in [9.17, 15) is 0 Å². The molecular formula is C12H15N3. The normalized spacial score (nSPS) is 12.7. The molecule has 15 heavy (non-hydrogen) atoms. The van der Waals surface area contributed by atoms with Crippen LogP contribution in [0.25, 0.3) is 5.69 Å². The van der Waals surface area contributed by atoms with Crippen molar-refractivity contribution in [1.29, 1.82) is 0 Å². The summed E-state index contributed by atoms with van der Waals surface area (Å²) in [7, 11) is 0. The highest BCUT2D eigenvalue weighted by atomic mass is 15.3. The molecular weight excluding hydrogens is 186 g/mol. The van der Waals surface area contributed by atoms with Gasteiger partial charge in [-0.05, 0) is 24.1 Å². The fraction of sp³-hybridized carbons (Fsp3) is 0.250. The molecule has 2 aromatic rings. The molecule has 1 aromatic carbocycles. The Bertz CT molecular complexity index is 420. The molecule has 0 fully saturated rings. The Morgan fingerprint density at radius 3 is 2.80 bits per heavy atom. The summed E-state index contributed by atoms with van der Waals surface area (Å²) in [5, 5.41) is 4.22. The minimum atomic E-state index is 0.0744. The van der Waals surface area contributed by atoms with E-state index in [1.54, 1.807) is 6.20 Å². The molecule has 78 valence electrons. The first-order valence-electron chi connectivity index (χ1n) is 5.17. The summed E-state index contributed by atoms with van der Waals surface area (Å²) in [6.45, 7) is 2.09. The molecule has 0 aliphatic rings. The average molecular weight is 201 g/mol. The van der Waals surface area contributed by atoms with Crippen LogP contribution in [0.15, 0.2) is 42.7 Å². The van der Waals surface area contributed by atoms with Gasteiger partial charge in [0.2, 0.25) is 0 Å². The number of hydrogen-bond acceptors (Lipinski definition) is 2. The van der Waals surface area contributed by atoms with Crippen molar-refractivity contribution in [3.8, 4) is 5.69 Å². The van der Waals surface area contributed by atoms with Crippen molar-refractivity contribution in [1.82, 2.24) is 9.78 Å². The Morgan fingerprint density at radius 1 is 1.33 bits per heavy atom. The molecule has 0 saturated heterocycles. The lowest BCUT2D eigenvalue weighted by molar-refractivity contribution is 0.686. The number of hydrogen-bond donors (Lipinski definition) is 1. The summed E-state index contributed by atoms with van der Waals surface area (Å²) in [6.07, 6.45) is 4.63. The standard InChI is InChI=1S/C12H15N3/c1-2-11(13)10-6-3-4-7-12(10)15-9-5-8-14-15/h3-9,11H,2,13H2,1H3. The number of benzene rings is 1. The van der Waals surface area contributed by atoms with Gasteiger partial charge in [0, 0.05) is 18.4 Å². The fourth-order valence-electron chi connectivity index (χ4n) is 1.64. The van der Waals surface area contributed by atoms with Crippen LogP contribution in [0.1, 0.15) is 24.9 Å². The van der Waals surface area contributed by atoms with Crippen LogP contribution in [0.5, 0.6) is 0 Å². The largest absolute Gasteiger partial charge is 0.324 e. The van der Waals surface area contributed by atoms with Gasteiger partial charge in [0.05, 0.1) is 5.69 Å². The van der Waals surface area contributed by atoms with Gasteiger partial charge in [-0.2, -0.15) is 5.10 Å². The summed E-state index contributed by atoms with van der Waals surface area (Å²) in [5.74, 6) is 0. The van der Waals surface area contributed by atoms with Crippen LogP contribution in [-0.4, -0.2) is 9.78 Å². The molecule has 0 saturated carbocycles. The predicted molar refractivity (Wildman–Crippen MR) is 60.8 cm³/mol. The molecule has 1 unspecified atom stereocenters. The third kappa shape index (κ3) is 1.92. The van der Waals surface area contributed by atoms with Crippen molar-refractivity contribution in [3.05, 3.63) is 48.3 Å². The van der Waals surface area contributed by atoms with Crippen LogP contribution in [0, 0.1) is 0 Å². The Morgan fingerprint density at radius 2 is 2.13 bits per heavy atom. The number of nitrogens with zero attached hydrogens (tertiary/aromatic N) is 2. The second-order valence-corrected chi connectivity index (χ2v) is 3.52. The van der Waals surface area contributed by atoms with Crippen molar-refractivity contribution in [3.63, 3.8) is 0 Å². The molecule has 0 bridgehead atoms. The molecule has 3 nitrogen and oxygen atoms in total. The van der Waals surface area contributed by atoms with Gasteiger partial charge in [-0.1, -0.05) is 25.1 Å². The summed E-state index contributed by atoms with van der Waals surface area (Å²) >= 11 is 0. The Balaban J connectivity index is 2.47. The molecule has 0 amide bonds. The van der Waals surface area contributed by atoms with Gasteiger partial charge >= 0.3 is 0 Å². The van der Waals surface area contributed by atoms with E-state index in [2.05, 4.69) is 18.1 Å². The van der Waals surface area contributed by atoms with Crippen molar-refractivity contribution >= 4 is 0 Å². The molecule has 0 spiro atoms. The molecule has 1 aromatic heterocycles. The van der Waals surface area contributed by atoms with E-state index in [1.807, 2.05) is 35.1 Å². The van der Waals surface area contributed by atoms with Gasteiger partial charge in [-0.15, -0.1) is 0 Å². The molecule has 2 rings (SSSR count). The molecule has 0 aliphatic heterocycles. The van der Waals surface area contributed by atoms with Gasteiger partial charge in [0.15, 0.2) is 0 Å². The highest BCUT2D eigenvalue weighted by Crippen LogP contribution is 2.21. The van der Waals surface area contributed by atoms with Crippen LogP contribution in [0.2, 0.25) is 0 Å². The number of para-hydroxylation sites is 1. The zero-order chi connectivity index (χ0) is 10.7. The summed E-state index contributed by atoms with van der Waals surface area (Å²) in [6, 6.07) is 10.1. The second-order valence-electron chi connectivity index (χ2n) is 3.52. The summed E-state index contributed by atoms with van der Waals surface area (Å²) in [5.41, 5.74) is 8.27. The maximum Gasteiger partial charge on any atom is 0.0693 e. The average Bonchev–Trinajstić information content (AvgIpc) is 2.81. The minimum Gasteiger partial charge on any atom is -0.324 e. The maximum atomic E-state index is 6.06. The lowest BCUT2D eigenvalue weighted by Gasteiger charge is -2.14. The molecule has 0 aliphatic carbocycles. The first-order chi connectivity index (χ1) is 7.33. The van der Waals surface area contributed by atoms with E-state index in [-0.39, 0.29) is 6.04 Å². The first-order valence-corrected chi connectivity index (χ1v) is 5.17. The van der Waals surface area contributed by atoms with Crippen LogP contribution in [0.3, 0.4) is 0 Å². The van der Waals surface area contributed by atoms with E-state index in [0.717, 1.165) is 17.7 Å². The van der Waals surface area contributed by atoms with Crippen LogP contribution >= 0.6 is 0 Å². The quantitative estimate of drug-likeness (QED) is 0.828. The fourth-order valence-corrected chi connectivity index (χ4v) is 1.64. The molecule has 1 atom stereocenters. The van der Waals surface area contributed by atoms with Gasteiger partial charge < -0.3 is 5.73 Å². The lowest BCUT2D eigenvalue weighted by atomic mass is 10.0. The van der Waals surface area contributed by atoms with Crippen LogP contribution in [0.4, 0.5) is 0 Å². The number of nitrogens with two attached hydrogens (primary N) is 1. The van der Waals surface area contributed by atoms with E-state index >= 15 is 0 Å². The highest BCUT2D eigenvalue weighted by molar-refractivity contribution is 5.42. The van der Waals surface area contributed by atoms with Crippen molar-refractivity contribution in [2.75, 3.05) is 0 Å². The topological polar surface area (TPSA) is 43.8 Å². The van der Waals surface area contributed by atoms with E-state index < -0.39 is 0 Å². The lowest BCUT2D eigenvalue weighted by Crippen LogP contribution is -2.12. The molecule has 1 heterocycles. The Kier molecular flexibility index (Phi) is 2.83. The maximum absolute atomic E-state index is 6.06. The smallest absolute Gasteiger partial charge is 0.0693 e. The Labute approximate surface area is 89.5 Å². The molecule has 3 heteroatoms. The minimum absolute atomic E-state index is 0.0744. The van der Waals surface area contributed by atoms with E-state index in [0.29, 0.717) is 0 Å². The van der Waals surface area contributed by atoms with Gasteiger partial charge in [0.25, 0.3) is 0 Å². The number of aromatic nitrogens is 2. The second kappa shape index (κ2) is 4.28. The van der Waals surface area contributed by atoms with Crippen LogP contribution < -0.4 is 5.73 Å². The monoisotopic (exact) mass is 201 g/mol. The molecule has 2 N–H and O–H groups in total. The van der Waals surface area contributed by atoms with Gasteiger partial charge in [0.1, 0.15) is 0 Å². The zero-order valence-corrected chi connectivity index (χ0v) is 8.80. The SMILES string of the molecule is CCC(N)c1ccccc1-n1cccn1. The third-order valence-corrected chi connectivity index (χ3v) is 2.53. The van der Waals surface area contributed by atoms with Crippen molar-refractivity contribution in [2.45, 2.75) is 19.4 Å². The Hall–Kier alpha value is -1.61. The van der Waals surface area contributed by atoms with E-state index in [4.69, 9.17) is 5.73 Å². The first kappa shape index (κ1) is 9.93. The zero-order valence-electron chi connectivity index (χ0n) is 8.80. The van der Waals surface area contributed by atoms with Crippen molar-refractivity contribution in [2.24, 2.45) is 5.73 Å². The third-order valence-electron chi connectivity index (χ3n) is 2.53. The number of rotatable bonds is 3. The highest BCUT2D eigenvalue weighted by Gasteiger charge is 2.09. The van der Waals surface area contributed by atoms with Gasteiger partial charge in [-0.25, -0.2) is 4.68 Å². The van der Waals surface area contributed by atoms with E-state index in [1.165, 1.54) is 0 Å². The summed E-state index contributed by atoms with van der Waals surface area (Å²) < 4.78 is 1.85. The van der Waals surface area contributed by atoms with Gasteiger partial charge in [-0.3, -0.25) is 0 Å². The van der Waals surface area contributed by atoms with Crippen molar-refractivity contribution < 1.29 is 0 Å². The van der Waals surface area contributed by atoms with Crippen LogP contribution in [-0.2, 0) is 0 Å². The summed E-state index contributed by atoms with van der Waals surface area (Å²) in [4.78, 5) is 0.